The van der Waals surface area contributed by atoms with Crippen molar-refractivity contribution in [3.05, 3.63) is 48.2 Å². The molecular weight excluding hydrogens is 341 g/mol. The van der Waals surface area contributed by atoms with Gasteiger partial charge in [0.2, 0.25) is 11.8 Å². The van der Waals surface area contributed by atoms with E-state index in [-0.39, 0.29) is 23.3 Å². The Morgan fingerprint density at radius 2 is 1.85 bits per heavy atom. The van der Waals surface area contributed by atoms with Crippen LogP contribution in [-0.2, 0) is 9.59 Å². The lowest BCUT2D eigenvalue weighted by atomic mass is 10.0. The molecule has 0 aliphatic rings. The van der Waals surface area contributed by atoms with Crippen LogP contribution in [0.2, 0.25) is 0 Å². The van der Waals surface area contributed by atoms with Gasteiger partial charge in [0, 0.05) is 12.6 Å². The quantitative estimate of drug-likeness (QED) is 0.736. The smallest absolute Gasteiger partial charge is 0.287 e. The summed E-state index contributed by atoms with van der Waals surface area (Å²) in [5, 5.41) is 7.52. The number of furan rings is 1. The van der Waals surface area contributed by atoms with Crippen LogP contribution in [0.4, 0.5) is 15.8 Å². The number of anilines is 2. The number of halogens is 1. The van der Waals surface area contributed by atoms with Crippen LogP contribution < -0.4 is 16.0 Å². The van der Waals surface area contributed by atoms with Crippen LogP contribution in [0.15, 0.2) is 41.0 Å². The molecule has 26 heavy (non-hydrogen) atoms. The van der Waals surface area contributed by atoms with Gasteiger partial charge in [-0.15, -0.1) is 0 Å². The van der Waals surface area contributed by atoms with E-state index in [4.69, 9.17) is 4.42 Å². The SMILES string of the molecule is CC(=O)Nc1ccc(F)c(NC(=O)C(NC(=O)c2ccco2)C(C)C)c1. The first-order valence-electron chi connectivity index (χ1n) is 8.00. The van der Waals surface area contributed by atoms with Crippen molar-refractivity contribution in [1.82, 2.24) is 5.32 Å². The number of hydrogen-bond acceptors (Lipinski definition) is 4. The van der Waals surface area contributed by atoms with E-state index in [1.807, 2.05) is 0 Å². The van der Waals surface area contributed by atoms with Crippen molar-refractivity contribution < 1.29 is 23.2 Å². The Morgan fingerprint density at radius 3 is 2.42 bits per heavy atom. The zero-order valence-corrected chi connectivity index (χ0v) is 14.6. The fourth-order valence-corrected chi connectivity index (χ4v) is 2.27. The zero-order chi connectivity index (χ0) is 19.3. The number of hydrogen-bond donors (Lipinski definition) is 3. The molecule has 0 radical (unpaired) electrons. The van der Waals surface area contributed by atoms with E-state index >= 15 is 0 Å². The minimum atomic E-state index is -0.906. The number of nitrogens with one attached hydrogen (secondary N) is 3. The lowest BCUT2D eigenvalue weighted by molar-refractivity contribution is -0.119. The van der Waals surface area contributed by atoms with Gasteiger partial charge in [-0.25, -0.2) is 4.39 Å². The molecule has 1 atom stereocenters. The summed E-state index contributed by atoms with van der Waals surface area (Å²) in [4.78, 5) is 35.8. The van der Waals surface area contributed by atoms with Crippen LogP contribution in [-0.4, -0.2) is 23.8 Å². The summed E-state index contributed by atoms with van der Waals surface area (Å²) in [5.41, 5.74) is 0.245. The first kappa shape index (κ1) is 19.2. The zero-order valence-electron chi connectivity index (χ0n) is 14.6. The maximum absolute atomic E-state index is 14.0. The molecule has 0 bridgehead atoms. The highest BCUT2D eigenvalue weighted by Gasteiger charge is 2.26. The molecule has 7 nitrogen and oxygen atoms in total. The summed E-state index contributed by atoms with van der Waals surface area (Å²) in [6.45, 7) is 4.81. The Hall–Kier alpha value is -3.16. The molecule has 3 amide bonds. The number of carbonyl (C=O) groups is 3. The summed E-state index contributed by atoms with van der Waals surface area (Å²) >= 11 is 0. The Balaban J connectivity index is 2.14. The Kier molecular flexibility index (Phi) is 6.11. The average molecular weight is 361 g/mol. The van der Waals surface area contributed by atoms with Crippen LogP contribution in [0.5, 0.6) is 0 Å². The van der Waals surface area contributed by atoms with Crippen LogP contribution >= 0.6 is 0 Å². The Morgan fingerprint density at radius 1 is 1.12 bits per heavy atom. The monoisotopic (exact) mass is 361 g/mol. The highest BCUT2D eigenvalue weighted by atomic mass is 19.1. The second-order valence-corrected chi connectivity index (χ2v) is 6.04. The summed E-state index contributed by atoms with van der Waals surface area (Å²) in [6, 6.07) is 5.94. The van der Waals surface area contributed by atoms with Crippen LogP contribution in [0.25, 0.3) is 0 Å². The summed E-state index contributed by atoms with van der Waals surface area (Å²) in [6.07, 6.45) is 1.35. The van der Waals surface area contributed by atoms with Gasteiger partial charge >= 0.3 is 0 Å². The fraction of sp³-hybridized carbons (Fsp3) is 0.278. The van der Waals surface area contributed by atoms with Crippen molar-refractivity contribution in [2.45, 2.75) is 26.8 Å². The van der Waals surface area contributed by atoms with Crippen LogP contribution in [0.3, 0.4) is 0 Å². The van der Waals surface area contributed by atoms with E-state index < -0.39 is 23.7 Å². The van der Waals surface area contributed by atoms with Gasteiger partial charge in [0.15, 0.2) is 5.76 Å². The third kappa shape index (κ3) is 4.92. The molecule has 1 aromatic carbocycles. The maximum Gasteiger partial charge on any atom is 0.287 e. The van der Waals surface area contributed by atoms with Gasteiger partial charge < -0.3 is 20.4 Å². The van der Waals surface area contributed by atoms with Gasteiger partial charge in [-0.05, 0) is 36.2 Å². The number of benzene rings is 1. The molecule has 1 unspecified atom stereocenters. The maximum atomic E-state index is 14.0. The van der Waals surface area contributed by atoms with E-state index in [0.717, 1.165) is 6.07 Å². The van der Waals surface area contributed by atoms with Gasteiger partial charge in [0.25, 0.3) is 5.91 Å². The van der Waals surface area contributed by atoms with Crippen molar-refractivity contribution in [1.29, 1.82) is 0 Å². The van der Waals surface area contributed by atoms with Gasteiger partial charge in [0.05, 0.1) is 12.0 Å². The predicted molar refractivity (Wildman–Crippen MR) is 94.1 cm³/mol. The molecule has 0 saturated heterocycles. The molecule has 0 fully saturated rings. The summed E-state index contributed by atoms with van der Waals surface area (Å²) < 4.78 is 19.0. The van der Waals surface area contributed by atoms with E-state index in [1.54, 1.807) is 19.9 Å². The molecule has 0 aliphatic heterocycles. The number of rotatable bonds is 6. The van der Waals surface area contributed by atoms with Crippen LogP contribution in [0, 0.1) is 11.7 Å². The van der Waals surface area contributed by atoms with Gasteiger partial charge in [0.1, 0.15) is 11.9 Å². The molecule has 8 heteroatoms. The van der Waals surface area contributed by atoms with Crippen molar-refractivity contribution in [3.63, 3.8) is 0 Å². The Bertz CT molecular complexity index is 803. The average Bonchev–Trinajstić information content (AvgIpc) is 3.09. The predicted octanol–water partition coefficient (Wildman–Crippen LogP) is 2.77. The van der Waals surface area contributed by atoms with Crippen molar-refractivity contribution in [3.8, 4) is 0 Å². The number of amides is 3. The molecule has 2 rings (SSSR count). The molecule has 0 saturated carbocycles. The third-order valence-corrected chi connectivity index (χ3v) is 3.53. The summed E-state index contributed by atoms with van der Waals surface area (Å²) in [7, 11) is 0. The van der Waals surface area contributed by atoms with E-state index in [9.17, 15) is 18.8 Å². The van der Waals surface area contributed by atoms with Crippen molar-refractivity contribution >= 4 is 29.1 Å². The lowest BCUT2D eigenvalue weighted by Crippen LogP contribution is -2.47. The van der Waals surface area contributed by atoms with Crippen molar-refractivity contribution in [2.24, 2.45) is 5.92 Å². The highest BCUT2D eigenvalue weighted by molar-refractivity contribution is 6.00. The molecule has 3 N–H and O–H groups in total. The molecule has 2 aromatic rings. The molecule has 138 valence electrons. The second-order valence-electron chi connectivity index (χ2n) is 6.04. The normalized spacial score (nSPS) is 11.7. The minimum Gasteiger partial charge on any atom is -0.459 e. The summed E-state index contributed by atoms with van der Waals surface area (Å²) in [5.74, 6) is -2.29. The van der Waals surface area contributed by atoms with Gasteiger partial charge in [-0.1, -0.05) is 13.8 Å². The molecule has 0 spiro atoms. The van der Waals surface area contributed by atoms with E-state index in [2.05, 4.69) is 16.0 Å². The standard InChI is InChI=1S/C18H20FN3O4/c1-10(2)16(22-17(24)15-5-4-8-26-15)18(25)21-14-9-12(20-11(3)23)6-7-13(14)19/h4-10,16H,1-3H3,(H,20,23)(H,21,25)(H,22,24). The van der Waals surface area contributed by atoms with E-state index in [1.165, 1.54) is 31.4 Å². The molecule has 0 aliphatic carbocycles. The second kappa shape index (κ2) is 8.28. The first-order chi connectivity index (χ1) is 12.3. The minimum absolute atomic E-state index is 0.0716. The Labute approximate surface area is 150 Å². The number of carbonyl (C=O) groups excluding carboxylic acids is 3. The largest absolute Gasteiger partial charge is 0.459 e. The van der Waals surface area contributed by atoms with E-state index in [0.29, 0.717) is 5.69 Å². The molecule has 1 aromatic heterocycles. The van der Waals surface area contributed by atoms with Crippen molar-refractivity contribution in [2.75, 3.05) is 10.6 Å². The first-order valence-corrected chi connectivity index (χ1v) is 8.00. The topological polar surface area (TPSA) is 100 Å². The van der Waals surface area contributed by atoms with Crippen LogP contribution in [0.1, 0.15) is 31.3 Å². The van der Waals surface area contributed by atoms with Gasteiger partial charge in [-0.2, -0.15) is 0 Å². The third-order valence-electron chi connectivity index (χ3n) is 3.53. The van der Waals surface area contributed by atoms with Gasteiger partial charge in [-0.3, -0.25) is 14.4 Å². The lowest BCUT2D eigenvalue weighted by Gasteiger charge is -2.21. The fourth-order valence-electron chi connectivity index (χ4n) is 2.27. The molecular formula is C18H20FN3O4. The molecule has 1 heterocycles. The highest BCUT2D eigenvalue weighted by Crippen LogP contribution is 2.20.